The molecule has 16 heavy (non-hydrogen) atoms. The van der Waals surface area contributed by atoms with Crippen molar-refractivity contribution >= 4 is 29.0 Å². The molecule has 86 valence electrons. The van der Waals surface area contributed by atoms with E-state index in [0.29, 0.717) is 5.69 Å². The van der Waals surface area contributed by atoms with E-state index in [4.69, 9.17) is 18.0 Å². The lowest BCUT2D eigenvalue weighted by atomic mass is 10.2. The van der Waals surface area contributed by atoms with Gasteiger partial charge in [0.2, 0.25) is 0 Å². The maximum atomic E-state index is 10.4. The molecule has 0 heterocycles. The Bertz CT molecular complexity index is 409. The molecule has 0 aliphatic carbocycles. The molecular formula is C10H11N2O3S-. The Balaban J connectivity index is 2.85. The summed E-state index contributed by atoms with van der Waals surface area (Å²) in [6.45, 7) is 0.112. The first-order chi connectivity index (χ1) is 7.50. The van der Waals surface area contributed by atoms with Gasteiger partial charge in [0.25, 0.3) is 0 Å². The molecule has 0 aliphatic rings. The van der Waals surface area contributed by atoms with Crippen LogP contribution in [0.5, 0.6) is 5.75 Å². The summed E-state index contributed by atoms with van der Waals surface area (Å²) in [5.74, 6) is -1.12. The minimum atomic E-state index is -1.18. The number of hydrogen-bond acceptors (Lipinski definition) is 4. The van der Waals surface area contributed by atoms with Crippen LogP contribution in [-0.4, -0.2) is 22.7 Å². The van der Waals surface area contributed by atoms with Crippen LogP contribution in [-0.2, 0) is 4.79 Å². The third-order valence-corrected chi connectivity index (χ3v) is 2.17. The van der Waals surface area contributed by atoms with Crippen molar-refractivity contribution in [3.8, 4) is 5.75 Å². The second-order valence-electron chi connectivity index (χ2n) is 3.13. The van der Waals surface area contributed by atoms with Crippen molar-refractivity contribution in [3.63, 3.8) is 0 Å². The van der Waals surface area contributed by atoms with Gasteiger partial charge in [0.1, 0.15) is 5.75 Å². The van der Waals surface area contributed by atoms with Gasteiger partial charge in [-0.15, -0.1) is 0 Å². The van der Waals surface area contributed by atoms with Crippen LogP contribution in [0.2, 0.25) is 0 Å². The lowest BCUT2D eigenvalue weighted by Crippen LogP contribution is -2.38. The lowest BCUT2D eigenvalue weighted by Gasteiger charge is -2.23. The molecule has 0 saturated heterocycles. The zero-order valence-corrected chi connectivity index (χ0v) is 9.24. The SMILES string of the molecule is NC(=S)N(CCC(=O)[O-])c1cccc(O)c1. The number of aliphatic carboxylic acids is 1. The fourth-order valence-corrected chi connectivity index (χ4v) is 1.43. The Morgan fingerprint density at radius 2 is 2.25 bits per heavy atom. The maximum Gasteiger partial charge on any atom is 0.170 e. The molecule has 0 bridgehead atoms. The maximum absolute atomic E-state index is 10.4. The molecule has 0 spiro atoms. The number of carbonyl (C=O) groups excluding carboxylic acids is 1. The van der Waals surface area contributed by atoms with Crippen LogP contribution < -0.4 is 15.7 Å². The molecule has 0 radical (unpaired) electrons. The first-order valence-electron chi connectivity index (χ1n) is 4.56. The van der Waals surface area contributed by atoms with Crippen molar-refractivity contribution < 1.29 is 15.0 Å². The van der Waals surface area contributed by atoms with Crippen molar-refractivity contribution in [1.82, 2.24) is 0 Å². The van der Waals surface area contributed by atoms with Gasteiger partial charge in [-0.25, -0.2) is 0 Å². The smallest absolute Gasteiger partial charge is 0.170 e. The lowest BCUT2D eigenvalue weighted by molar-refractivity contribution is -0.305. The first kappa shape index (κ1) is 12.3. The fraction of sp³-hybridized carbons (Fsp3) is 0.200. The summed E-state index contributed by atoms with van der Waals surface area (Å²) >= 11 is 4.80. The van der Waals surface area contributed by atoms with Crippen molar-refractivity contribution in [3.05, 3.63) is 24.3 Å². The van der Waals surface area contributed by atoms with Crippen LogP contribution >= 0.6 is 12.2 Å². The van der Waals surface area contributed by atoms with Gasteiger partial charge in [-0.3, -0.25) is 0 Å². The number of hydrogen-bond donors (Lipinski definition) is 2. The average molecular weight is 239 g/mol. The van der Waals surface area contributed by atoms with E-state index in [0.717, 1.165) is 0 Å². The average Bonchev–Trinajstić information content (AvgIpc) is 2.17. The fourth-order valence-electron chi connectivity index (χ4n) is 1.23. The highest BCUT2D eigenvalue weighted by molar-refractivity contribution is 7.80. The molecule has 0 aromatic heterocycles. The molecule has 0 saturated carbocycles. The summed E-state index contributed by atoms with van der Waals surface area (Å²) in [5, 5.41) is 19.7. The van der Waals surface area contributed by atoms with Gasteiger partial charge in [-0.2, -0.15) is 0 Å². The third kappa shape index (κ3) is 3.39. The molecule has 0 amide bonds. The predicted molar refractivity (Wildman–Crippen MR) is 61.9 cm³/mol. The number of carboxylic acid groups (broad SMARTS) is 1. The van der Waals surface area contributed by atoms with Crippen LogP contribution in [0.1, 0.15) is 6.42 Å². The van der Waals surface area contributed by atoms with Crippen molar-refractivity contribution in [2.75, 3.05) is 11.4 Å². The summed E-state index contributed by atoms with van der Waals surface area (Å²) in [5.41, 5.74) is 6.02. The van der Waals surface area contributed by atoms with Crippen molar-refractivity contribution in [2.24, 2.45) is 5.73 Å². The Hall–Kier alpha value is -1.82. The minimum absolute atomic E-state index is 0.0480. The largest absolute Gasteiger partial charge is 0.550 e. The molecule has 0 fully saturated rings. The minimum Gasteiger partial charge on any atom is -0.550 e. The van der Waals surface area contributed by atoms with Crippen LogP contribution in [0.4, 0.5) is 5.69 Å². The highest BCUT2D eigenvalue weighted by Gasteiger charge is 2.09. The van der Waals surface area contributed by atoms with Crippen LogP contribution in [0, 0.1) is 0 Å². The Morgan fingerprint density at radius 1 is 1.56 bits per heavy atom. The van der Waals surface area contributed by atoms with Gasteiger partial charge >= 0.3 is 0 Å². The molecule has 1 aromatic rings. The predicted octanol–water partition coefficient (Wildman–Crippen LogP) is -0.418. The number of nitrogens with zero attached hydrogens (tertiary/aromatic N) is 1. The summed E-state index contributed by atoms with van der Waals surface area (Å²) in [6.07, 6.45) is -0.188. The second kappa shape index (κ2) is 5.32. The van der Waals surface area contributed by atoms with Crippen LogP contribution in [0.15, 0.2) is 24.3 Å². The second-order valence-corrected chi connectivity index (χ2v) is 3.55. The third-order valence-electron chi connectivity index (χ3n) is 1.95. The Kier molecular flexibility index (Phi) is 4.07. The Morgan fingerprint density at radius 3 is 2.75 bits per heavy atom. The molecule has 0 atom stereocenters. The molecule has 5 nitrogen and oxygen atoms in total. The van der Waals surface area contributed by atoms with E-state index in [-0.39, 0.29) is 23.8 Å². The number of thiocarbonyl (C=S) groups is 1. The van der Waals surface area contributed by atoms with Crippen LogP contribution in [0.25, 0.3) is 0 Å². The molecule has 6 heteroatoms. The van der Waals surface area contributed by atoms with E-state index in [1.807, 2.05) is 0 Å². The monoisotopic (exact) mass is 239 g/mol. The zero-order chi connectivity index (χ0) is 12.1. The molecule has 3 N–H and O–H groups in total. The van der Waals surface area contributed by atoms with Gasteiger partial charge in [-0.1, -0.05) is 6.07 Å². The highest BCUT2D eigenvalue weighted by atomic mass is 32.1. The summed E-state index contributed by atoms with van der Waals surface area (Å²) in [4.78, 5) is 11.8. The van der Waals surface area contributed by atoms with E-state index in [9.17, 15) is 15.0 Å². The van der Waals surface area contributed by atoms with E-state index >= 15 is 0 Å². The van der Waals surface area contributed by atoms with E-state index in [2.05, 4.69) is 0 Å². The topological polar surface area (TPSA) is 89.6 Å². The number of phenols is 1. The van der Waals surface area contributed by atoms with E-state index < -0.39 is 5.97 Å². The molecule has 0 unspecified atom stereocenters. The standard InChI is InChI=1S/C10H12N2O3S/c11-10(16)12(5-4-9(14)15)7-2-1-3-8(13)6-7/h1-3,6,13H,4-5H2,(H2,11,16)(H,14,15)/p-1. The zero-order valence-electron chi connectivity index (χ0n) is 8.42. The summed E-state index contributed by atoms with van der Waals surface area (Å²) in [7, 11) is 0. The van der Waals surface area contributed by atoms with Gasteiger partial charge in [0, 0.05) is 30.7 Å². The van der Waals surface area contributed by atoms with Gasteiger partial charge in [0.05, 0.1) is 0 Å². The molecule has 1 rings (SSSR count). The number of benzene rings is 1. The highest BCUT2D eigenvalue weighted by Crippen LogP contribution is 2.20. The Labute approximate surface area is 98.1 Å². The number of aromatic hydroxyl groups is 1. The van der Waals surface area contributed by atoms with Crippen molar-refractivity contribution in [2.45, 2.75) is 6.42 Å². The molecule has 1 aromatic carbocycles. The van der Waals surface area contributed by atoms with Gasteiger partial charge < -0.3 is 25.6 Å². The number of carbonyl (C=O) groups is 1. The van der Waals surface area contributed by atoms with Gasteiger partial charge in [0.15, 0.2) is 5.11 Å². The number of anilines is 1. The van der Waals surface area contributed by atoms with E-state index in [1.165, 1.54) is 17.0 Å². The first-order valence-corrected chi connectivity index (χ1v) is 4.97. The summed E-state index contributed by atoms with van der Waals surface area (Å²) < 4.78 is 0. The number of rotatable bonds is 4. The van der Waals surface area contributed by atoms with Gasteiger partial charge in [-0.05, 0) is 24.4 Å². The molecular weight excluding hydrogens is 228 g/mol. The number of nitrogens with two attached hydrogens (primary N) is 1. The van der Waals surface area contributed by atoms with Crippen LogP contribution in [0.3, 0.4) is 0 Å². The molecule has 0 aliphatic heterocycles. The number of carboxylic acids is 1. The normalized spacial score (nSPS) is 9.75. The van der Waals surface area contributed by atoms with E-state index in [1.54, 1.807) is 12.1 Å². The quantitative estimate of drug-likeness (QED) is 0.694. The summed E-state index contributed by atoms with van der Waals surface area (Å²) in [6, 6.07) is 6.25. The number of phenolic OH excluding ortho intramolecular Hbond substituents is 1. The van der Waals surface area contributed by atoms with Crippen molar-refractivity contribution in [1.29, 1.82) is 0 Å².